The van der Waals surface area contributed by atoms with Crippen LogP contribution in [0.3, 0.4) is 0 Å². The molecule has 8 nitrogen and oxygen atoms in total. The van der Waals surface area contributed by atoms with E-state index in [0.29, 0.717) is 11.8 Å². The Labute approximate surface area is 265 Å². The first kappa shape index (κ1) is 27.5. The Bertz CT molecular complexity index is 1580. The van der Waals surface area contributed by atoms with Gasteiger partial charge in [-0.1, -0.05) is 26.0 Å². The number of carbonyl (C=O) groups excluding carboxylic acids is 4. The highest BCUT2D eigenvalue weighted by molar-refractivity contribution is 8.04. The second-order valence-corrected chi connectivity index (χ2v) is 17.1. The average Bonchev–Trinajstić information content (AvgIpc) is 3.66. The number of hydrogen-bond donors (Lipinski definition) is 0. The maximum absolute atomic E-state index is 14.2. The Morgan fingerprint density at radius 1 is 0.659 bits per heavy atom. The van der Waals surface area contributed by atoms with Crippen molar-refractivity contribution in [3.8, 4) is 12.1 Å². The fraction of sp³-hybridized carbons (Fsp3) is 0.647. The van der Waals surface area contributed by atoms with Crippen LogP contribution in [0.15, 0.2) is 33.1 Å². The van der Waals surface area contributed by atoms with Gasteiger partial charge in [0.25, 0.3) is 0 Å². The molecule has 0 spiro atoms. The lowest BCUT2D eigenvalue weighted by Gasteiger charge is -2.60. The largest absolute Gasteiger partial charge is 0.274 e. The number of hydrogen-bond acceptors (Lipinski definition) is 8. The lowest BCUT2D eigenvalue weighted by Crippen LogP contribution is -2.63. The highest BCUT2D eigenvalue weighted by Crippen LogP contribution is 2.69. The Balaban J connectivity index is 1.00. The molecule has 2 bridgehead atoms. The van der Waals surface area contributed by atoms with Gasteiger partial charge in [-0.25, -0.2) is 0 Å². The minimum atomic E-state index is -0.545. The summed E-state index contributed by atoms with van der Waals surface area (Å²) < 4.78 is 0. The van der Waals surface area contributed by atoms with E-state index in [1.165, 1.54) is 43.1 Å². The molecule has 0 aromatic carbocycles. The zero-order valence-corrected chi connectivity index (χ0v) is 26.4. The smallest absolute Gasteiger partial charge is 0.234 e. The van der Waals surface area contributed by atoms with Crippen LogP contribution in [0.25, 0.3) is 0 Å². The molecule has 226 valence electrons. The van der Waals surface area contributed by atoms with E-state index in [4.69, 9.17) is 0 Å². The summed E-state index contributed by atoms with van der Waals surface area (Å²) in [6.07, 6.45) is 9.65. The predicted octanol–water partition coefficient (Wildman–Crippen LogP) is 4.82. The summed E-state index contributed by atoms with van der Waals surface area (Å²) in [5.41, 5.74) is 2.21. The quantitative estimate of drug-likeness (QED) is 0.316. The number of carbonyl (C=O) groups is 4. The number of thioether (sulfide) groups is 2. The van der Waals surface area contributed by atoms with E-state index in [0.717, 1.165) is 49.7 Å². The van der Waals surface area contributed by atoms with Crippen LogP contribution in [-0.2, 0) is 19.2 Å². The van der Waals surface area contributed by atoms with Crippen molar-refractivity contribution >= 4 is 47.2 Å². The summed E-state index contributed by atoms with van der Waals surface area (Å²) in [4.78, 5) is 61.9. The van der Waals surface area contributed by atoms with Gasteiger partial charge in [-0.2, -0.15) is 10.5 Å². The lowest BCUT2D eigenvalue weighted by molar-refractivity contribution is -0.166. The van der Waals surface area contributed by atoms with Gasteiger partial charge < -0.3 is 0 Å². The van der Waals surface area contributed by atoms with Crippen LogP contribution < -0.4 is 0 Å². The van der Waals surface area contributed by atoms with Crippen LogP contribution in [0.4, 0.5) is 0 Å². The zero-order valence-electron chi connectivity index (χ0n) is 24.7. The monoisotopic (exact) mass is 626 g/mol. The molecule has 44 heavy (non-hydrogen) atoms. The number of likely N-dealkylation sites (tertiary alicyclic amines) is 2. The van der Waals surface area contributed by atoms with Gasteiger partial charge >= 0.3 is 0 Å². The molecule has 0 aromatic heterocycles. The minimum Gasteiger partial charge on any atom is -0.274 e. The molecule has 6 aliphatic carbocycles. The van der Waals surface area contributed by atoms with Gasteiger partial charge in [0.15, 0.2) is 0 Å². The van der Waals surface area contributed by atoms with Crippen LogP contribution in [0.1, 0.15) is 52.4 Å². The normalized spacial score (nSPS) is 48.2. The third-order valence-electron chi connectivity index (χ3n) is 12.6. The van der Waals surface area contributed by atoms with E-state index in [-0.39, 0.29) is 47.3 Å². The van der Waals surface area contributed by atoms with Crippen molar-refractivity contribution in [1.82, 2.24) is 9.80 Å². The highest BCUT2D eigenvalue weighted by atomic mass is 32.2. The molecular weight excluding hydrogens is 593 g/mol. The van der Waals surface area contributed by atoms with Gasteiger partial charge in [0, 0.05) is 0 Å². The second kappa shape index (κ2) is 9.36. The molecule has 10 aliphatic rings. The van der Waals surface area contributed by atoms with Crippen molar-refractivity contribution in [2.45, 2.75) is 63.1 Å². The van der Waals surface area contributed by atoms with Crippen LogP contribution in [-0.4, -0.2) is 44.2 Å². The van der Waals surface area contributed by atoms with Gasteiger partial charge in [0.2, 0.25) is 23.6 Å². The zero-order chi connectivity index (χ0) is 30.3. The van der Waals surface area contributed by atoms with Crippen molar-refractivity contribution in [1.29, 1.82) is 10.5 Å². The first-order valence-electron chi connectivity index (χ1n) is 16.2. The van der Waals surface area contributed by atoms with Crippen LogP contribution in [0.5, 0.6) is 0 Å². The van der Waals surface area contributed by atoms with Crippen LogP contribution >= 0.6 is 23.5 Å². The summed E-state index contributed by atoms with van der Waals surface area (Å²) in [7, 11) is 0. The molecule has 0 radical (unpaired) electrons. The van der Waals surface area contributed by atoms with Gasteiger partial charge in [-0.3, -0.25) is 29.0 Å². The summed E-state index contributed by atoms with van der Waals surface area (Å²) in [5, 5.41) is 19.3. The fourth-order valence-electron chi connectivity index (χ4n) is 10.7. The maximum atomic E-state index is 14.2. The third kappa shape index (κ3) is 3.27. The van der Waals surface area contributed by atoms with Crippen LogP contribution in [0, 0.1) is 93.7 Å². The Kier molecular flexibility index (Phi) is 5.85. The molecule has 4 fully saturated rings. The number of fused-ring (bicyclic) bond motifs is 1. The Morgan fingerprint density at radius 3 is 1.43 bits per heavy atom. The van der Waals surface area contributed by atoms with Gasteiger partial charge in [0.05, 0.1) is 47.6 Å². The van der Waals surface area contributed by atoms with Crippen LogP contribution in [0.2, 0.25) is 0 Å². The summed E-state index contributed by atoms with van der Waals surface area (Å²) in [6.45, 7) is 4.38. The lowest BCUT2D eigenvalue weighted by atomic mass is 9.40. The van der Waals surface area contributed by atoms with Crippen molar-refractivity contribution in [2.24, 2.45) is 71.0 Å². The molecule has 10 rings (SSSR count). The Hall–Kier alpha value is -2.82. The number of nitrogens with zero attached hydrogens (tertiary/aromatic N) is 4. The first-order valence-corrected chi connectivity index (χ1v) is 18.0. The second-order valence-electron chi connectivity index (χ2n) is 14.7. The third-order valence-corrected chi connectivity index (χ3v) is 15.6. The average molecular weight is 627 g/mol. The van der Waals surface area contributed by atoms with E-state index in [1.807, 2.05) is 12.2 Å². The van der Waals surface area contributed by atoms with E-state index < -0.39 is 46.3 Å². The van der Waals surface area contributed by atoms with Gasteiger partial charge in [0.1, 0.15) is 10.7 Å². The first-order chi connectivity index (χ1) is 21.2. The molecule has 4 amide bonds. The molecule has 2 saturated heterocycles. The number of nitriles is 2. The molecule has 4 aliphatic heterocycles. The molecule has 0 aromatic rings. The highest BCUT2D eigenvalue weighted by Gasteiger charge is 2.76. The Morgan fingerprint density at radius 2 is 1.05 bits per heavy atom. The van der Waals surface area contributed by atoms with Gasteiger partial charge in [-0.05, 0) is 95.0 Å². The molecule has 14 atom stereocenters. The molecule has 0 unspecified atom stereocenters. The maximum Gasteiger partial charge on any atom is 0.234 e. The van der Waals surface area contributed by atoms with Crippen molar-refractivity contribution in [2.75, 3.05) is 0 Å². The predicted molar refractivity (Wildman–Crippen MR) is 162 cm³/mol. The molecule has 2 saturated carbocycles. The summed E-state index contributed by atoms with van der Waals surface area (Å²) in [6, 6.07) is 4.88. The van der Waals surface area contributed by atoms with E-state index in [9.17, 15) is 29.7 Å². The van der Waals surface area contributed by atoms with E-state index >= 15 is 0 Å². The molecule has 4 heterocycles. The van der Waals surface area contributed by atoms with Gasteiger partial charge in [-0.15, -0.1) is 23.5 Å². The molecular formula is C34H34N4O4S2. The fourth-order valence-corrected chi connectivity index (χ4v) is 13.9. The SMILES string of the molecule is C[C@@H]1CCC2=C(C1)[C@H](C#N)[C@H](N1C(=O)[C@@H]3[C@@H](C1=O)[C@H]1[C@H]4C=C[C@H]([C@H]5C(=O)N([C@@H]6SC7=C(C[C@H](C)CC7)[C@@H]6C#N)C(=O)[C@@H]45)[C@H]31)S2. The van der Waals surface area contributed by atoms with Crippen molar-refractivity contribution in [3.05, 3.63) is 33.1 Å². The minimum absolute atomic E-state index is 0.154. The van der Waals surface area contributed by atoms with E-state index in [2.05, 4.69) is 26.0 Å². The summed E-state index contributed by atoms with van der Waals surface area (Å²) >= 11 is 3.07. The number of allylic oxidation sites excluding steroid dienone is 4. The van der Waals surface area contributed by atoms with Crippen molar-refractivity contribution < 1.29 is 19.2 Å². The molecule has 0 N–H and O–H groups in total. The van der Waals surface area contributed by atoms with Crippen molar-refractivity contribution in [3.63, 3.8) is 0 Å². The van der Waals surface area contributed by atoms with E-state index in [1.54, 1.807) is 0 Å². The molecule has 10 heteroatoms. The number of imide groups is 2. The number of rotatable bonds is 2. The topological polar surface area (TPSA) is 122 Å². The summed E-state index contributed by atoms with van der Waals surface area (Å²) in [5.74, 6) is -3.74. The number of amides is 4. The standard InChI is InChI=1S/C34H34N4O4S2/c1-13-3-7-21-17(9-13)19(11-35)33(43-21)37-29(39)25-15-5-6-16(26(25)30(37)40)24-23(15)27-28(24)32(42)38(31(27)41)34-20(12-36)18-10-14(2)4-8-22(18)44-34/h5-6,13-16,19-20,23-28,33-34H,3-4,7-10H2,1-2H3/t13-,14-,15-,16+,19+,20+,23+,24+,25+,26-,27+,28+,33-,34-/m1/s1.